The van der Waals surface area contributed by atoms with Gasteiger partial charge in [0, 0.05) is 57.3 Å². The van der Waals surface area contributed by atoms with E-state index in [-0.39, 0.29) is 23.7 Å². The van der Waals surface area contributed by atoms with Gasteiger partial charge in [-0.25, -0.2) is 13.2 Å². The molecule has 0 N–H and O–H groups in total. The average Bonchev–Trinajstić information content (AvgIpc) is 2.85. The second-order valence-electron chi connectivity index (χ2n) is 9.18. The molecule has 0 aliphatic carbocycles. The standard InChI is InChI=1S/C26H32F3N3O2/c1-34-26(33)9-6-19-17-30(18-20-16-21(27)7-8-22(20)28)11-10-24(19)31-12-14-32(15-13-31)25-5-3-2-4-23(25)29/h2-5,7-8,16,19,24H,6,9-15,17-18H2,1H3/t19-,24+/m0/s1. The predicted octanol–water partition coefficient (Wildman–Crippen LogP) is 4.07. The minimum absolute atomic E-state index is 0.199. The highest BCUT2D eigenvalue weighted by Gasteiger charge is 2.35. The molecule has 2 aliphatic rings. The SMILES string of the molecule is COC(=O)CC[C@H]1CN(Cc2cc(F)ccc2F)CC[C@H]1N1CCN(c2ccccc2F)CC1. The van der Waals surface area contributed by atoms with E-state index in [0.29, 0.717) is 37.2 Å². The Hall–Kier alpha value is -2.58. The molecule has 184 valence electrons. The minimum Gasteiger partial charge on any atom is -0.469 e. The predicted molar refractivity (Wildman–Crippen MR) is 125 cm³/mol. The Bertz CT molecular complexity index is 982. The lowest BCUT2D eigenvalue weighted by atomic mass is 9.86. The maximum atomic E-state index is 14.2. The lowest BCUT2D eigenvalue weighted by Crippen LogP contribution is -2.56. The number of piperidine rings is 1. The summed E-state index contributed by atoms with van der Waals surface area (Å²) in [6.07, 6.45) is 1.88. The van der Waals surface area contributed by atoms with Crippen LogP contribution in [0.5, 0.6) is 0 Å². The summed E-state index contributed by atoms with van der Waals surface area (Å²) in [5.41, 5.74) is 0.986. The number of esters is 1. The van der Waals surface area contributed by atoms with E-state index < -0.39 is 11.6 Å². The zero-order valence-corrected chi connectivity index (χ0v) is 19.6. The molecule has 2 atom stereocenters. The molecule has 0 radical (unpaired) electrons. The van der Waals surface area contributed by atoms with Crippen molar-refractivity contribution in [3.05, 3.63) is 65.5 Å². The number of anilines is 1. The van der Waals surface area contributed by atoms with Crippen molar-refractivity contribution in [1.82, 2.24) is 9.80 Å². The Labute approximate surface area is 199 Å². The van der Waals surface area contributed by atoms with Crippen molar-refractivity contribution >= 4 is 11.7 Å². The van der Waals surface area contributed by atoms with E-state index in [4.69, 9.17) is 4.74 Å². The number of hydrogen-bond acceptors (Lipinski definition) is 5. The number of piperazine rings is 1. The highest BCUT2D eigenvalue weighted by Crippen LogP contribution is 2.30. The minimum atomic E-state index is -0.443. The number of halogens is 3. The van der Waals surface area contributed by atoms with Crippen molar-refractivity contribution in [3.63, 3.8) is 0 Å². The number of nitrogens with zero attached hydrogens (tertiary/aromatic N) is 3. The average molecular weight is 476 g/mol. The number of carbonyl (C=O) groups is 1. The van der Waals surface area contributed by atoms with Gasteiger partial charge in [-0.15, -0.1) is 0 Å². The van der Waals surface area contributed by atoms with Gasteiger partial charge in [-0.2, -0.15) is 0 Å². The van der Waals surface area contributed by atoms with Crippen molar-refractivity contribution in [3.8, 4) is 0 Å². The molecule has 0 amide bonds. The number of carbonyl (C=O) groups excluding carboxylic acids is 1. The Morgan fingerprint density at radius 2 is 1.76 bits per heavy atom. The van der Waals surface area contributed by atoms with Crippen LogP contribution in [0.4, 0.5) is 18.9 Å². The summed E-state index contributed by atoms with van der Waals surface area (Å²) in [4.78, 5) is 18.5. The molecule has 2 aliphatic heterocycles. The van der Waals surface area contributed by atoms with E-state index in [1.54, 1.807) is 6.07 Å². The Kier molecular flexibility index (Phi) is 8.11. The molecule has 4 rings (SSSR count). The molecule has 2 aromatic rings. The van der Waals surface area contributed by atoms with Crippen LogP contribution in [0.2, 0.25) is 0 Å². The first-order chi connectivity index (χ1) is 16.4. The third-order valence-corrected chi connectivity index (χ3v) is 7.10. The van der Waals surface area contributed by atoms with Gasteiger partial charge in [-0.05, 0) is 55.6 Å². The zero-order chi connectivity index (χ0) is 24.1. The Morgan fingerprint density at radius 3 is 2.50 bits per heavy atom. The molecule has 5 nitrogen and oxygen atoms in total. The van der Waals surface area contributed by atoms with E-state index in [1.165, 1.54) is 25.3 Å². The summed E-state index contributed by atoms with van der Waals surface area (Å²) < 4.78 is 46.9. The number of hydrogen-bond donors (Lipinski definition) is 0. The largest absolute Gasteiger partial charge is 0.469 e. The number of methoxy groups -OCH3 is 1. The van der Waals surface area contributed by atoms with Crippen LogP contribution in [0.25, 0.3) is 0 Å². The number of rotatable bonds is 7. The Morgan fingerprint density at radius 1 is 1.00 bits per heavy atom. The van der Waals surface area contributed by atoms with Gasteiger partial charge in [0.1, 0.15) is 17.5 Å². The van der Waals surface area contributed by atoms with E-state index >= 15 is 0 Å². The molecule has 34 heavy (non-hydrogen) atoms. The first-order valence-electron chi connectivity index (χ1n) is 11.9. The molecule has 0 unspecified atom stereocenters. The van der Waals surface area contributed by atoms with Crippen LogP contribution in [0.3, 0.4) is 0 Å². The first kappa shape index (κ1) is 24.5. The summed E-state index contributed by atoms with van der Waals surface area (Å²) in [7, 11) is 1.39. The second kappa shape index (κ2) is 11.2. The molecular weight excluding hydrogens is 443 g/mol. The van der Waals surface area contributed by atoms with Gasteiger partial charge < -0.3 is 9.64 Å². The summed E-state index contributed by atoms with van der Waals surface area (Å²) in [5.74, 6) is -1.09. The molecule has 0 bridgehead atoms. The van der Waals surface area contributed by atoms with Crippen LogP contribution in [0.1, 0.15) is 24.8 Å². The number of ether oxygens (including phenoxy) is 1. The van der Waals surface area contributed by atoms with Crippen molar-refractivity contribution in [2.45, 2.75) is 31.8 Å². The summed E-state index contributed by atoms with van der Waals surface area (Å²) in [6.45, 7) is 4.90. The van der Waals surface area contributed by atoms with Crippen molar-refractivity contribution in [2.75, 3.05) is 51.3 Å². The molecule has 2 aromatic carbocycles. The van der Waals surface area contributed by atoms with Gasteiger partial charge in [-0.1, -0.05) is 12.1 Å². The number of likely N-dealkylation sites (tertiary alicyclic amines) is 1. The molecule has 0 saturated carbocycles. The van der Waals surface area contributed by atoms with Crippen LogP contribution in [-0.4, -0.2) is 68.2 Å². The highest BCUT2D eigenvalue weighted by molar-refractivity contribution is 5.69. The maximum absolute atomic E-state index is 14.2. The van der Waals surface area contributed by atoms with E-state index in [1.807, 2.05) is 12.1 Å². The van der Waals surface area contributed by atoms with Gasteiger partial charge in [0.25, 0.3) is 0 Å². The lowest BCUT2D eigenvalue weighted by molar-refractivity contribution is -0.141. The fraction of sp³-hybridized carbons (Fsp3) is 0.500. The second-order valence-corrected chi connectivity index (χ2v) is 9.18. The third-order valence-electron chi connectivity index (χ3n) is 7.10. The maximum Gasteiger partial charge on any atom is 0.305 e. The van der Waals surface area contributed by atoms with Gasteiger partial charge in [0.15, 0.2) is 0 Å². The van der Waals surface area contributed by atoms with Crippen LogP contribution in [-0.2, 0) is 16.1 Å². The number of para-hydroxylation sites is 1. The molecule has 2 saturated heterocycles. The molecule has 2 fully saturated rings. The van der Waals surface area contributed by atoms with E-state index in [2.05, 4.69) is 14.7 Å². The molecule has 0 spiro atoms. The normalized spacial score (nSPS) is 22.1. The van der Waals surface area contributed by atoms with Crippen molar-refractivity contribution < 1.29 is 22.7 Å². The topological polar surface area (TPSA) is 36.0 Å². The molecule has 2 heterocycles. The van der Waals surface area contributed by atoms with Crippen molar-refractivity contribution in [1.29, 1.82) is 0 Å². The lowest BCUT2D eigenvalue weighted by Gasteiger charge is -2.47. The van der Waals surface area contributed by atoms with Gasteiger partial charge >= 0.3 is 5.97 Å². The van der Waals surface area contributed by atoms with Gasteiger partial charge in [-0.3, -0.25) is 14.6 Å². The molecular formula is C26H32F3N3O2. The fourth-order valence-corrected chi connectivity index (χ4v) is 5.32. The van der Waals surface area contributed by atoms with Crippen LogP contribution < -0.4 is 4.90 Å². The van der Waals surface area contributed by atoms with Crippen molar-refractivity contribution in [2.24, 2.45) is 5.92 Å². The summed E-state index contributed by atoms with van der Waals surface area (Å²) in [5, 5.41) is 0. The van der Waals surface area contributed by atoms with Crippen LogP contribution in [0, 0.1) is 23.4 Å². The zero-order valence-electron chi connectivity index (χ0n) is 19.6. The smallest absolute Gasteiger partial charge is 0.305 e. The molecule has 8 heteroatoms. The van der Waals surface area contributed by atoms with Gasteiger partial charge in [0.05, 0.1) is 12.8 Å². The van der Waals surface area contributed by atoms with E-state index in [0.717, 1.165) is 45.2 Å². The first-order valence-corrected chi connectivity index (χ1v) is 11.9. The molecule has 0 aromatic heterocycles. The van der Waals surface area contributed by atoms with E-state index in [9.17, 15) is 18.0 Å². The fourth-order valence-electron chi connectivity index (χ4n) is 5.32. The summed E-state index contributed by atoms with van der Waals surface area (Å²) in [6, 6.07) is 10.7. The quantitative estimate of drug-likeness (QED) is 0.565. The highest BCUT2D eigenvalue weighted by atomic mass is 19.1. The van der Waals surface area contributed by atoms with Crippen LogP contribution in [0.15, 0.2) is 42.5 Å². The third kappa shape index (κ3) is 5.91. The summed E-state index contributed by atoms with van der Waals surface area (Å²) >= 11 is 0. The monoisotopic (exact) mass is 475 g/mol. The van der Waals surface area contributed by atoms with Gasteiger partial charge in [0.2, 0.25) is 0 Å². The Balaban J connectivity index is 1.41. The number of benzene rings is 2. The van der Waals surface area contributed by atoms with Crippen LogP contribution >= 0.6 is 0 Å².